The van der Waals surface area contributed by atoms with Crippen LogP contribution in [-0.4, -0.2) is 45.2 Å². The number of hydrogen-bond donors (Lipinski definition) is 1. The van der Waals surface area contributed by atoms with Crippen molar-refractivity contribution in [2.24, 2.45) is 0 Å². The van der Waals surface area contributed by atoms with E-state index < -0.39 is 21.7 Å². The third-order valence-electron chi connectivity index (χ3n) is 3.35. The molecule has 2 rings (SSSR count). The zero-order valence-electron chi connectivity index (χ0n) is 11.3. The minimum Gasteiger partial charge on any atom is -0.301 e. The molecule has 20 heavy (non-hydrogen) atoms. The third kappa shape index (κ3) is 4.50. The first kappa shape index (κ1) is 15.3. The van der Waals surface area contributed by atoms with Gasteiger partial charge in [0.1, 0.15) is 0 Å². The molecule has 1 saturated heterocycles. The molecule has 1 fully saturated rings. The minimum absolute atomic E-state index is 0.0602. The van der Waals surface area contributed by atoms with Crippen molar-refractivity contribution in [3.05, 3.63) is 35.4 Å². The van der Waals surface area contributed by atoms with Gasteiger partial charge in [-0.15, -0.1) is 0 Å². The van der Waals surface area contributed by atoms with Gasteiger partial charge in [-0.2, -0.15) is 0 Å². The van der Waals surface area contributed by atoms with Gasteiger partial charge >= 0.3 is 0 Å². The van der Waals surface area contributed by atoms with E-state index >= 15 is 0 Å². The highest BCUT2D eigenvalue weighted by molar-refractivity contribution is 7.88. The van der Waals surface area contributed by atoms with Gasteiger partial charge in [-0.1, -0.05) is 6.07 Å². The Morgan fingerprint density at radius 2 is 2.10 bits per heavy atom. The van der Waals surface area contributed by atoms with Crippen LogP contribution in [0.1, 0.15) is 12.0 Å². The van der Waals surface area contributed by atoms with Gasteiger partial charge in [0.05, 0.1) is 6.26 Å². The molecule has 4 nitrogen and oxygen atoms in total. The van der Waals surface area contributed by atoms with Gasteiger partial charge < -0.3 is 4.90 Å². The standard InChI is InChI=1S/C13H18F2N2O2S/c1-20(18,19)16-11-5-7-17(9-11)6-4-10-2-3-12(14)13(15)8-10/h2-3,8,11,16H,4-7,9H2,1H3/t11-/m1/s1. The van der Waals surface area contributed by atoms with E-state index in [1.54, 1.807) is 6.07 Å². The molecule has 1 heterocycles. The second-order valence-corrected chi connectivity index (χ2v) is 6.95. The van der Waals surface area contributed by atoms with E-state index in [-0.39, 0.29) is 6.04 Å². The van der Waals surface area contributed by atoms with Crippen LogP contribution in [0, 0.1) is 11.6 Å². The average Bonchev–Trinajstić information content (AvgIpc) is 2.76. The fourth-order valence-corrected chi connectivity index (χ4v) is 3.21. The van der Waals surface area contributed by atoms with Gasteiger partial charge in [0.25, 0.3) is 0 Å². The summed E-state index contributed by atoms with van der Waals surface area (Å²) < 4.78 is 50.7. The van der Waals surface area contributed by atoms with Crippen molar-refractivity contribution in [1.82, 2.24) is 9.62 Å². The topological polar surface area (TPSA) is 49.4 Å². The van der Waals surface area contributed by atoms with E-state index in [2.05, 4.69) is 9.62 Å². The number of hydrogen-bond acceptors (Lipinski definition) is 3. The fourth-order valence-electron chi connectivity index (χ4n) is 2.42. The molecule has 0 spiro atoms. The highest BCUT2D eigenvalue weighted by Crippen LogP contribution is 2.13. The molecule has 1 aromatic rings. The highest BCUT2D eigenvalue weighted by Gasteiger charge is 2.24. The van der Waals surface area contributed by atoms with Crippen LogP contribution in [0.5, 0.6) is 0 Å². The molecule has 7 heteroatoms. The van der Waals surface area contributed by atoms with Gasteiger partial charge in [0, 0.05) is 19.1 Å². The molecule has 0 saturated carbocycles. The molecule has 0 aliphatic carbocycles. The predicted molar refractivity (Wildman–Crippen MR) is 72.9 cm³/mol. The van der Waals surface area contributed by atoms with Crippen molar-refractivity contribution in [1.29, 1.82) is 0 Å². The SMILES string of the molecule is CS(=O)(=O)N[C@@H]1CCN(CCc2ccc(F)c(F)c2)C1. The van der Waals surface area contributed by atoms with Crippen LogP contribution < -0.4 is 4.72 Å². The highest BCUT2D eigenvalue weighted by atomic mass is 32.2. The Kier molecular flexibility index (Phi) is 4.72. The Morgan fingerprint density at radius 3 is 2.75 bits per heavy atom. The molecular formula is C13H18F2N2O2S. The lowest BCUT2D eigenvalue weighted by Gasteiger charge is -2.16. The van der Waals surface area contributed by atoms with E-state index in [9.17, 15) is 17.2 Å². The number of sulfonamides is 1. The predicted octanol–water partition coefficient (Wildman–Crippen LogP) is 1.13. The number of benzene rings is 1. The van der Waals surface area contributed by atoms with Crippen LogP contribution in [0.4, 0.5) is 8.78 Å². The summed E-state index contributed by atoms with van der Waals surface area (Å²) in [7, 11) is -3.18. The monoisotopic (exact) mass is 304 g/mol. The van der Waals surface area contributed by atoms with Crippen molar-refractivity contribution < 1.29 is 17.2 Å². The largest absolute Gasteiger partial charge is 0.301 e. The molecule has 1 aromatic carbocycles. The third-order valence-corrected chi connectivity index (χ3v) is 4.12. The number of nitrogens with one attached hydrogen (secondary N) is 1. The molecule has 1 aliphatic rings. The maximum Gasteiger partial charge on any atom is 0.208 e. The molecule has 1 aliphatic heterocycles. The molecule has 0 amide bonds. The van der Waals surface area contributed by atoms with Crippen molar-refractivity contribution in [2.75, 3.05) is 25.9 Å². The first-order valence-corrected chi connectivity index (χ1v) is 8.36. The smallest absolute Gasteiger partial charge is 0.208 e. The van der Waals surface area contributed by atoms with E-state index in [4.69, 9.17) is 0 Å². The van der Waals surface area contributed by atoms with Gasteiger partial charge in [0.15, 0.2) is 11.6 Å². The van der Waals surface area contributed by atoms with Crippen molar-refractivity contribution in [2.45, 2.75) is 18.9 Å². The molecule has 0 bridgehead atoms. The van der Waals surface area contributed by atoms with Crippen LogP contribution in [0.3, 0.4) is 0 Å². The Bertz CT molecular complexity index is 578. The Balaban J connectivity index is 1.82. The van der Waals surface area contributed by atoms with Crippen LogP contribution >= 0.6 is 0 Å². The molecule has 0 unspecified atom stereocenters. The molecule has 1 atom stereocenters. The number of likely N-dealkylation sites (tertiary alicyclic amines) is 1. The minimum atomic E-state index is -3.18. The quantitative estimate of drug-likeness (QED) is 0.887. The molecule has 0 aromatic heterocycles. The summed E-state index contributed by atoms with van der Waals surface area (Å²) in [5.41, 5.74) is 0.739. The summed E-state index contributed by atoms with van der Waals surface area (Å²) in [6.45, 7) is 2.15. The maximum atomic E-state index is 13.1. The Labute approximate surface area is 117 Å². The van der Waals surface area contributed by atoms with Crippen LogP contribution in [-0.2, 0) is 16.4 Å². The molecule has 112 valence electrons. The van der Waals surface area contributed by atoms with Gasteiger partial charge in [-0.25, -0.2) is 21.9 Å². The summed E-state index contributed by atoms with van der Waals surface area (Å²) >= 11 is 0. The fraction of sp³-hybridized carbons (Fsp3) is 0.538. The molecular weight excluding hydrogens is 286 g/mol. The zero-order chi connectivity index (χ0) is 14.8. The van der Waals surface area contributed by atoms with Crippen molar-refractivity contribution in [3.63, 3.8) is 0 Å². The van der Waals surface area contributed by atoms with Gasteiger partial charge in [0.2, 0.25) is 10.0 Å². The molecule has 1 N–H and O–H groups in total. The number of nitrogens with zero attached hydrogens (tertiary/aromatic N) is 1. The maximum absolute atomic E-state index is 13.1. The second-order valence-electron chi connectivity index (χ2n) is 5.17. The summed E-state index contributed by atoms with van der Waals surface area (Å²) in [5, 5.41) is 0. The first-order chi connectivity index (χ1) is 9.33. The van der Waals surface area contributed by atoms with E-state index in [1.165, 1.54) is 6.07 Å². The lowest BCUT2D eigenvalue weighted by atomic mass is 10.1. The van der Waals surface area contributed by atoms with E-state index in [0.717, 1.165) is 30.9 Å². The van der Waals surface area contributed by atoms with Gasteiger partial charge in [-0.3, -0.25) is 0 Å². The summed E-state index contributed by atoms with van der Waals surface area (Å²) in [6.07, 6.45) is 2.53. The summed E-state index contributed by atoms with van der Waals surface area (Å²) in [6, 6.07) is 3.84. The Hall–Kier alpha value is -1.05. The van der Waals surface area contributed by atoms with Crippen LogP contribution in [0.2, 0.25) is 0 Å². The summed E-state index contributed by atoms with van der Waals surface area (Å²) in [4.78, 5) is 2.12. The van der Waals surface area contributed by atoms with E-state index in [1.807, 2.05) is 0 Å². The van der Waals surface area contributed by atoms with Crippen LogP contribution in [0.25, 0.3) is 0 Å². The summed E-state index contributed by atoms with van der Waals surface area (Å²) in [5.74, 6) is -1.67. The average molecular weight is 304 g/mol. The second kappa shape index (κ2) is 6.15. The van der Waals surface area contributed by atoms with E-state index in [0.29, 0.717) is 19.5 Å². The normalized spacial score (nSPS) is 20.4. The first-order valence-electron chi connectivity index (χ1n) is 6.47. The van der Waals surface area contributed by atoms with Crippen molar-refractivity contribution >= 4 is 10.0 Å². The zero-order valence-corrected chi connectivity index (χ0v) is 12.1. The lowest BCUT2D eigenvalue weighted by molar-refractivity contribution is 0.336. The van der Waals surface area contributed by atoms with Crippen LogP contribution in [0.15, 0.2) is 18.2 Å². The molecule has 0 radical (unpaired) electrons. The van der Waals surface area contributed by atoms with Crippen molar-refractivity contribution in [3.8, 4) is 0 Å². The lowest BCUT2D eigenvalue weighted by Crippen LogP contribution is -2.36. The number of halogens is 2. The van der Waals surface area contributed by atoms with Gasteiger partial charge in [-0.05, 0) is 37.1 Å². The number of rotatable bonds is 5. The Morgan fingerprint density at radius 1 is 1.35 bits per heavy atom.